The number of ether oxygens (including phenoxy) is 1. The van der Waals surface area contributed by atoms with Gasteiger partial charge in [0.05, 0.1) is 7.11 Å². The lowest BCUT2D eigenvalue weighted by Crippen LogP contribution is -2.24. The SMILES string of the molecule is CCN(CC)CCCCN=C(N)Nc1cccc(OC)c1.I. The largest absolute Gasteiger partial charge is 0.497 e. The molecular formula is C16H29IN4O. The molecule has 1 aromatic rings. The van der Waals surface area contributed by atoms with Crippen LogP contribution in [0.4, 0.5) is 5.69 Å². The lowest BCUT2D eigenvalue weighted by atomic mass is 10.3. The van der Waals surface area contributed by atoms with Crippen LogP contribution in [0.15, 0.2) is 29.3 Å². The number of nitrogens with zero attached hydrogens (tertiary/aromatic N) is 2. The predicted octanol–water partition coefficient (Wildman–Crippen LogP) is 3.16. The number of anilines is 1. The molecule has 0 bridgehead atoms. The molecule has 0 fully saturated rings. The zero-order chi connectivity index (χ0) is 15.5. The van der Waals surface area contributed by atoms with Gasteiger partial charge in [0.15, 0.2) is 5.96 Å². The Hall–Kier alpha value is -1.02. The van der Waals surface area contributed by atoms with Gasteiger partial charge in [-0.05, 0) is 44.6 Å². The maximum Gasteiger partial charge on any atom is 0.193 e. The number of halogens is 1. The molecule has 0 heterocycles. The first-order valence-corrected chi connectivity index (χ1v) is 7.63. The number of nitrogens with two attached hydrogens (primary N) is 1. The fourth-order valence-corrected chi connectivity index (χ4v) is 2.07. The quantitative estimate of drug-likeness (QED) is 0.279. The van der Waals surface area contributed by atoms with E-state index in [0.717, 1.165) is 50.5 Å². The van der Waals surface area contributed by atoms with Gasteiger partial charge in [0, 0.05) is 18.3 Å². The molecule has 0 aliphatic carbocycles. The van der Waals surface area contributed by atoms with E-state index >= 15 is 0 Å². The summed E-state index contributed by atoms with van der Waals surface area (Å²) in [4.78, 5) is 6.77. The molecule has 126 valence electrons. The molecule has 0 aromatic heterocycles. The van der Waals surface area contributed by atoms with E-state index in [-0.39, 0.29) is 24.0 Å². The van der Waals surface area contributed by atoms with E-state index in [1.807, 2.05) is 24.3 Å². The number of benzene rings is 1. The summed E-state index contributed by atoms with van der Waals surface area (Å²) >= 11 is 0. The third kappa shape index (κ3) is 8.43. The summed E-state index contributed by atoms with van der Waals surface area (Å²) in [5.74, 6) is 1.25. The number of hydrogen-bond donors (Lipinski definition) is 2. The Morgan fingerprint density at radius 3 is 2.64 bits per heavy atom. The molecule has 0 spiro atoms. The van der Waals surface area contributed by atoms with E-state index in [0.29, 0.717) is 5.96 Å². The van der Waals surface area contributed by atoms with Crippen LogP contribution in [0, 0.1) is 0 Å². The summed E-state index contributed by atoms with van der Waals surface area (Å²) < 4.78 is 5.17. The van der Waals surface area contributed by atoms with Crippen molar-refractivity contribution >= 4 is 35.6 Å². The lowest BCUT2D eigenvalue weighted by molar-refractivity contribution is 0.298. The van der Waals surface area contributed by atoms with Crippen LogP contribution in [0.5, 0.6) is 5.75 Å². The molecule has 0 radical (unpaired) electrons. The molecule has 0 unspecified atom stereocenters. The lowest BCUT2D eigenvalue weighted by Gasteiger charge is -2.17. The summed E-state index contributed by atoms with van der Waals surface area (Å²) in [7, 11) is 1.65. The van der Waals surface area contributed by atoms with E-state index in [2.05, 4.69) is 29.1 Å². The molecule has 5 nitrogen and oxygen atoms in total. The number of hydrogen-bond acceptors (Lipinski definition) is 3. The van der Waals surface area contributed by atoms with Crippen molar-refractivity contribution in [3.8, 4) is 5.75 Å². The molecule has 3 N–H and O–H groups in total. The number of nitrogens with one attached hydrogen (secondary N) is 1. The Morgan fingerprint density at radius 2 is 2.00 bits per heavy atom. The van der Waals surface area contributed by atoms with Crippen molar-refractivity contribution in [2.75, 3.05) is 38.6 Å². The maximum absolute atomic E-state index is 5.88. The number of rotatable bonds is 9. The van der Waals surface area contributed by atoms with Crippen molar-refractivity contribution in [2.24, 2.45) is 10.7 Å². The smallest absolute Gasteiger partial charge is 0.193 e. The highest BCUT2D eigenvalue weighted by Crippen LogP contribution is 2.16. The van der Waals surface area contributed by atoms with Gasteiger partial charge in [-0.2, -0.15) is 0 Å². The van der Waals surface area contributed by atoms with Crippen LogP contribution in [0.3, 0.4) is 0 Å². The van der Waals surface area contributed by atoms with Crippen LogP contribution >= 0.6 is 24.0 Å². The second-order valence-electron chi connectivity index (χ2n) is 4.86. The van der Waals surface area contributed by atoms with E-state index in [9.17, 15) is 0 Å². The Bertz CT molecular complexity index is 436. The molecule has 6 heteroatoms. The minimum Gasteiger partial charge on any atom is -0.497 e. The average molecular weight is 420 g/mol. The highest BCUT2D eigenvalue weighted by molar-refractivity contribution is 14.0. The van der Waals surface area contributed by atoms with Crippen molar-refractivity contribution in [1.29, 1.82) is 0 Å². The first-order valence-electron chi connectivity index (χ1n) is 7.63. The molecule has 0 saturated heterocycles. The Morgan fingerprint density at radius 1 is 1.27 bits per heavy atom. The number of guanidine groups is 1. The van der Waals surface area contributed by atoms with Crippen molar-refractivity contribution in [3.05, 3.63) is 24.3 Å². The molecule has 0 amide bonds. The molecule has 1 rings (SSSR count). The Balaban J connectivity index is 0.00000441. The van der Waals surface area contributed by atoms with Gasteiger partial charge in [-0.1, -0.05) is 19.9 Å². The highest BCUT2D eigenvalue weighted by atomic mass is 127. The minimum absolute atomic E-state index is 0. The molecule has 0 aliphatic rings. The zero-order valence-corrected chi connectivity index (χ0v) is 16.2. The van der Waals surface area contributed by atoms with Crippen molar-refractivity contribution in [3.63, 3.8) is 0 Å². The molecule has 22 heavy (non-hydrogen) atoms. The van der Waals surface area contributed by atoms with Crippen molar-refractivity contribution in [2.45, 2.75) is 26.7 Å². The fourth-order valence-electron chi connectivity index (χ4n) is 2.07. The monoisotopic (exact) mass is 420 g/mol. The van der Waals surface area contributed by atoms with E-state index in [1.165, 1.54) is 0 Å². The molecule has 0 saturated carbocycles. The predicted molar refractivity (Wildman–Crippen MR) is 106 cm³/mol. The third-order valence-corrected chi connectivity index (χ3v) is 3.40. The van der Waals surface area contributed by atoms with Crippen LogP contribution in [-0.2, 0) is 0 Å². The fraction of sp³-hybridized carbons (Fsp3) is 0.562. The number of unbranched alkanes of at least 4 members (excludes halogenated alkanes) is 1. The van der Waals surface area contributed by atoms with Crippen molar-refractivity contribution in [1.82, 2.24) is 4.90 Å². The van der Waals surface area contributed by atoms with Crippen LogP contribution in [0.2, 0.25) is 0 Å². The Kier molecular flexibility index (Phi) is 11.9. The third-order valence-electron chi connectivity index (χ3n) is 3.40. The normalized spacial score (nSPS) is 11.2. The second kappa shape index (κ2) is 12.5. The average Bonchev–Trinajstić information content (AvgIpc) is 2.51. The van der Waals surface area contributed by atoms with E-state index in [4.69, 9.17) is 10.5 Å². The van der Waals surface area contributed by atoms with Gasteiger partial charge in [0.25, 0.3) is 0 Å². The van der Waals surface area contributed by atoms with E-state index in [1.54, 1.807) is 7.11 Å². The summed E-state index contributed by atoms with van der Waals surface area (Å²) in [6.45, 7) is 8.49. The first kappa shape index (κ1) is 21.0. The molecule has 0 atom stereocenters. The Labute approximate surface area is 151 Å². The van der Waals surface area contributed by atoms with Gasteiger partial charge in [0.2, 0.25) is 0 Å². The topological polar surface area (TPSA) is 62.9 Å². The van der Waals surface area contributed by atoms with Gasteiger partial charge < -0.3 is 20.7 Å². The van der Waals surface area contributed by atoms with E-state index < -0.39 is 0 Å². The van der Waals surface area contributed by atoms with Crippen LogP contribution < -0.4 is 15.8 Å². The van der Waals surface area contributed by atoms with Crippen LogP contribution in [0.1, 0.15) is 26.7 Å². The van der Waals surface area contributed by atoms with Crippen molar-refractivity contribution < 1.29 is 4.74 Å². The zero-order valence-electron chi connectivity index (χ0n) is 13.8. The van der Waals surface area contributed by atoms with Crippen LogP contribution in [0.25, 0.3) is 0 Å². The highest BCUT2D eigenvalue weighted by Gasteiger charge is 1.99. The maximum atomic E-state index is 5.88. The van der Waals surface area contributed by atoms with Crippen LogP contribution in [-0.4, -0.2) is 44.1 Å². The van der Waals surface area contributed by atoms with Gasteiger partial charge in [0.1, 0.15) is 5.75 Å². The minimum atomic E-state index is 0. The molecule has 1 aromatic carbocycles. The summed E-state index contributed by atoms with van der Waals surface area (Å²) in [6.07, 6.45) is 2.20. The number of methoxy groups -OCH3 is 1. The first-order chi connectivity index (χ1) is 10.2. The summed E-state index contributed by atoms with van der Waals surface area (Å²) in [5.41, 5.74) is 6.77. The van der Waals surface area contributed by atoms with Gasteiger partial charge in [-0.3, -0.25) is 4.99 Å². The number of aliphatic imine (C=N–C) groups is 1. The standard InChI is InChI=1S/C16H28N4O.HI/c1-4-20(5-2)12-7-6-11-18-16(17)19-14-9-8-10-15(13-14)21-3;/h8-10,13H,4-7,11-12H2,1-3H3,(H3,17,18,19);1H. The van der Waals surface area contributed by atoms with Gasteiger partial charge in [-0.15, -0.1) is 24.0 Å². The summed E-state index contributed by atoms with van der Waals surface area (Å²) in [6, 6.07) is 7.64. The van der Waals surface area contributed by atoms with Gasteiger partial charge in [-0.25, -0.2) is 0 Å². The second-order valence-corrected chi connectivity index (χ2v) is 4.86. The summed E-state index contributed by atoms with van der Waals surface area (Å²) in [5, 5.41) is 3.08. The molecular weight excluding hydrogens is 391 g/mol. The molecule has 0 aliphatic heterocycles. The van der Waals surface area contributed by atoms with Gasteiger partial charge >= 0.3 is 0 Å².